The van der Waals surface area contributed by atoms with Crippen LogP contribution in [0.2, 0.25) is 0 Å². The fourth-order valence-electron chi connectivity index (χ4n) is 2.76. The van der Waals surface area contributed by atoms with Crippen LogP contribution < -0.4 is 11.1 Å². The van der Waals surface area contributed by atoms with E-state index in [-0.39, 0.29) is 17.8 Å². The number of amidine groups is 1. The normalized spacial score (nSPS) is 24.2. The van der Waals surface area contributed by atoms with Crippen LogP contribution >= 0.6 is 0 Å². The number of carbonyl (C=O) groups is 1. The maximum Gasteiger partial charge on any atom is 0.234 e. The number of nitrogens with two attached hydrogens (primary N) is 1. The highest BCUT2D eigenvalue weighted by atomic mass is 16.4. The van der Waals surface area contributed by atoms with Crippen LogP contribution in [0, 0.1) is 5.41 Å². The van der Waals surface area contributed by atoms with Crippen molar-refractivity contribution in [1.29, 1.82) is 0 Å². The maximum atomic E-state index is 12.2. The summed E-state index contributed by atoms with van der Waals surface area (Å²) in [5, 5.41) is 14.8. The lowest BCUT2D eigenvalue weighted by atomic mass is 10.0. The minimum absolute atomic E-state index is 0.0495. The Labute approximate surface area is 114 Å². The fourth-order valence-corrected chi connectivity index (χ4v) is 2.76. The van der Waals surface area contributed by atoms with Crippen LogP contribution in [0.1, 0.15) is 39.0 Å². The van der Waals surface area contributed by atoms with E-state index in [1.54, 1.807) is 0 Å². The van der Waals surface area contributed by atoms with Gasteiger partial charge in [0.05, 0.1) is 0 Å². The molecule has 0 aromatic heterocycles. The van der Waals surface area contributed by atoms with Crippen molar-refractivity contribution in [3.8, 4) is 0 Å². The predicted molar refractivity (Wildman–Crippen MR) is 73.0 cm³/mol. The van der Waals surface area contributed by atoms with Gasteiger partial charge in [0.1, 0.15) is 5.41 Å². The highest BCUT2D eigenvalue weighted by Crippen LogP contribution is 2.46. The monoisotopic (exact) mass is 268 g/mol. The van der Waals surface area contributed by atoms with Crippen LogP contribution in [0.4, 0.5) is 0 Å². The number of piperidine rings is 1. The molecule has 0 aromatic carbocycles. The van der Waals surface area contributed by atoms with E-state index in [1.165, 1.54) is 6.42 Å². The SMILES string of the molecule is CCCN1CCC(NC(=O)C2(C(N)=NO)CC2)CC1. The van der Waals surface area contributed by atoms with Gasteiger partial charge in [0, 0.05) is 19.1 Å². The second kappa shape index (κ2) is 5.77. The molecule has 19 heavy (non-hydrogen) atoms. The first-order valence-corrected chi connectivity index (χ1v) is 7.13. The van der Waals surface area contributed by atoms with Gasteiger partial charge in [-0.3, -0.25) is 4.79 Å². The summed E-state index contributed by atoms with van der Waals surface area (Å²) in [7, 11) is 0. The molecule has 2 fully saturated rings. The topological polar surface area (TPSA) is 91.0 Å². The Morgan fingerprint density at radius 1 is 1.47 bits per heavy atom. The number of likely N-dealkylation sites (tertiary alicyclic amines) is 1. The Morgan fingerprint density at radius 3 is 2.58 bits per heavy atom. The average Bonchev–Trinajstić information content (AvgIpc) is 3.22. The van der Waals surface area contributed by atoms with Gasteiger partial charge < -0.3 is 21.2 Å². The van der Waals surface area contributed by atoms with Gasteiger partial charge in [-0.25, -0.2) is 0 Å². The number of nitrogens with zero attached hydrogens (tertiary/aromatic N) is 2. The van der Waals surface area contributed by atoms with E-state index < -0.39 is 5.41 Å². The van der Waals surface area contributed by atoms with Crippen LogP contribution in [-0.4, -0.2) is 47.5 Å². The zero-order valence-corrected chi connectivity index (χ0v) is 11.6. The van der Waals surface area contributed by atoms with Gasteiger partial charge in [-0.2, -0.15) is 0 Å². The van der Waals surface area contributed by atoms with E-state index in [4.69, 9.17) is 10.9 Å². The maximum absolute atomic E-state index is 12.2. The first-order valence-electron chi connectivity index (χ1n) is 7.13. The van der Waals surface area contributed by atoms with Crippen molar-refractivity contribution >= 4 is 11.7 Å². The highest BCUT2D eigenvalue weighted by molar-refractivity contribution is 6.09. The molecule has 2 aliphatic rings. The summed E-state index contributed by atoms with van der Waals surface area (Å²) in [6.07, 6.45) is 4.51. The van der Waals surface area contributed by atoms with Crippen LogP contribution in [0.25, 0.3) is 0 Å². The second-order valence-electron chi connectivity index (χ2n) is 5.66. The third kappa shape index (κ3) is 3.00. The molecule has 0 bridgehead atoms. The molecule has 0 radical (unpaired) electrons. The molecule has 1 heterocycles. The summed E-state index contributed by atoms with van der Waals surface area (Å²) in [5.41, 5.74) is 4.88. The summed E-state index contributed by atoms with van der Waals surface area (Å²) < 4.78 is 0. The van der Waals surface area contributed by atoms with E-state index in [0.29, 0.717) is 12.8 Å². The Balaban J connectivity index is 1.82. The van der Waals surface area contributed by atoms with Gasteiger partial charge >= 0.3 is 0 Å². The summed E-state index contributed by atoms with van der Waals surface area (Å²) in [5.74, 6) is -0.0230. The number of rotatable bonds is 5. The molecule has 1 saturated carbocycles. The molecule has 4 N–H and O–H groups in total. The van der Waals surface area contributed by atoms with Gasteiger partial charge in [-0.1, -0.05) is 12.1 Å². The molecule has 6 heteroatoms. The average molecular weight is 268 g/mol. The number of nitrogens with one attached hydrogen (secondary N) is 1. The quantitative estimate of drug-likeness (QED) is 0.293. The van der Waals surface area contributed by atoms with Crippen LogP contribution in [0.3, 0.4) is 0 Å². The number of amides is 1. The molecule has 2 rings (SSSR count). The molecular formula is C13H24N4O2. The van der Waals surface area contributed by atoms with Crippen molar-refractivity contribution < 1.29 is 10.0 Å². The highest BCUT2D eigenvalue weighted by Gasteiger charge is 2.54. The molecule has 0 unspecified atom stereocenters. The lowest BCUT2D eigenvalue weighted by molar-refractivity contribution is -0.125. The Kier molecular flexibility index (Phi) is 4.29. The number of hydrogen-bond acceptors (Lipinski definition) is 4. The van der Waals surface area contributed by atoms with E-state index >= 15 is 0 Å². The van der Waals surface area contributed by atoms with Crippen LogP contribution in [0.15, 0.2) is 5.16 Å². The van der Waals surface area contributed by atoms with Crippen molar-refractivity contribution in [3.63, 3.8) is 0 Å². The van der Waals surface area contributed by atoms with E-state index in [9.17, 15) is 4.79 Å². The third-order valence-corrected chi connectivity index (χ3v) is 4.25. The van der Waals surface area contributed by atoms with Crippen molar-refractivity contribution in [2.75, 3.05) is 19.6 Å². The summed E-state index contributed by atoms with van der Waals surface area (Å²) in [4.78, 5) is 14.6. The van der Waals surface area contributed by atoms with Crippen molar-refractivity contribution in [3.05, 3.63) is 0 Å². The lowest BCUT2D eigenvalue weighted by Crippen LogP contribution is -2.49. The lowest BCUT2D eigenvalue weighted by Gasteiger charge is -2.32. The van der Waals surface area contributed by atoms with Gasteiger partial charge in [0.2, 0.25) is 5.91 Å². The largest absolute Gasteiger partial charge is 0.409 e. The Bertz CT molecular complexity index is 358. The van der Waals surface area contributed by atoms with E-state index in [0.717, 1.165) is 32.5 Å². The van der Waals surface area contributed by atoms with Gasteiger partial charge in [0.15, 0.2) is 5.84 Å². The summed E-state index contributed by atoms with van der Waals surface area (Å²) >= 11 is 0. The summed E-state index contributed by atoms with van der Waals surface area (Å²) in [6, 6.07) is 0.226. The fraction of sp³-hybridized carbons (Fsp3) is 0.846. The number of oxime groups is 1. The molecule has 1 amide bonds. The molecule has 1 saturated heterocycles. The smallest absolute Gasteiger partial charge is 0.234 e. The molecule has 0 spiro atoms. The molecule has 6 nitrogen and oxygen atoms in total. The van der Waals surface area contributed by atoms with E-state index in [1.807, 2.05) is 0 Å². The zero-order chi connectivity index (χ0) is 13.9. The first-order chi connectivity index (χ1) is 9.12. The van der Waals surface area contributed by atoms with Crippen LogP contribution in [-0.2, 0) is 4.79 Å². The Hall–Kier alpha value is -1.30. The predicted octanol–water partition coefficient (Wildman–Crippen LogP) is 0.504. The Morgan fingerprint density at radius 2 is 2.11 bits per heavy atom. The van der Waals surface area contributed by atoms with Crippen molar-refractivity contribution in [1.82, 2.24) is 10.2 Å². The third-order valence-electron chi connectivity index (χ3n) is 4.25. The van der Waals surface area contributed by atoms with Gasteiger partial charge in [-0.05, 0) is 38.6 Å². The molecule has 0 atom stereocenters. The van der Waals surface area contributed by atoms with Gasteiger partial charge in [-0.15, -0.1) is 0 Å². The van der Waals surface area contributed by atoms with Crippen molar-refractivity contribution in [2.24, 2.45) is 16.3 Å². The molecule has 1 aliphatic carbocycles. The first kappa shape index (κ1) is 14.1. The molecule has 108 valence electrons. The standard InChI is InChI=1S/C13H24N4O2/c1-2-7-17-8-3-10(4-9-17)15-12(18)13(5-6-13)11(14)16-19/h10,19H,2-9H2,1H3,(H2,14,16)(H,15,18). The number of carbonyl (C=O) groups excluding carboxylic acids is 1. The summed E-state index contributed by atoms with van der Waals surface area (Å²) in [6.45, 7) is 5.39. The number of hydrogen-bond donors (Lipinski definition) is 3. The van der Waals surface area contributed by atoms with E-state index in [2.05, 4.69) is 22.3 Å². The molecular weight excluding hydrogens is 244 g/mol. The van der Waals surface area contributed by atoms with Crippen molar-refractivity contribution in [2.45, 2.75) is 45.1 Å². The van der Waals surface area contributed by atoms with Crippen LogP contribution in [0.5, 0.6) is 0 Å². The minimum Gasteiger partial charge on any atom is -0.409 e. The molecule has 0 aromatic rings. The zero-order valence-electron chi connectivity index (χ0n) is 11.6. The second-order valence-corrected chi connectivity index (χ2v) is 5.66. The van der Waals surface area contributed by atoms with Gasteiger partial charge in [0.25, 0.3) is 0 Å². The molecule has 1 aliphatic heterocycles. The minimum atomic E-state index is -0.727.